The second-order valence-electron chi connectivity index (χ2n) is 6.74. The van der Waals surface area contributed by atoms with Crippen molar-refractivity contribution in [1.29, 1.82) is 0 Å². The monoisotopic (exact) mass is 338 g/mol. The van der Waals surface area contributed by atoms with E-state index in [4.69, 9.17) is 0 Å². The van der Waals surface area contributed by atoms with E-state index in [0.717, 1.165) is 48.8 Å². The number of nitrogens with zero attached hydrogens (tertiary/aromatic N) is 3. The molecule has 0 aliphatic carbocycles. The number of para-hydroxylation sites is 1. The van der Waals surface area contributed by atoms with Gasteiger partial charge in [-0.05, 0) is 50.8 Å². The molecule has 1 saturated heterocycles. The van der Waals surface area contributed by atoms with Gasteiger partial charge in [-0.1, -0.05) is 25.1 Å². The Morgan fingerprint density at radius 2 is 1.96 bits per heavy atom. The van der Waals surface area contributed by atoms with Gasteiger partial charge in [0.1, 0.15) is 0 Å². The third kappa shape index (κ3) is 4.16. The lowest BCUT2D eigenvalue weighted by Gasteiger charge is -2.32. The normalized spacial score (nSPS) is 17.4. The minimum absolute atomic E-state index is 0.0388. The fraction of sp³-hybridized carbons (Fsp3) is 0.450. The van der Waals surface area contributed by atoms with E-state index in [0.29, 0.717) is 6.54 Å². The largest absolute Gasteiger partial charge is 0.340 e. The van der Waals surface area contributed by atoms with Crippen molar-refractivity contribution in [2.45, 2.75) is 40.0 Å². The molecule has 0 radical (unpaired) electrons. The first-order valence-corrected chi connectivity index (χ1v) is 9.03. The summed E-state index contributed by atoms with van der Waals surface area (Å²) < 4.78 is 0. The van der Waals surface area contributed by atoms with Crippen LogP contribution in [0.25, 0.3) is 0 Å². The Hall–Kier alpha value is -2.43. The number of rotatable bonds is 4. The van der Waals surface area contributed by atoms with Crippen molar-refractivity contribution >= 4 is 17.5 Å². The molecule has 5 heteroatoms. The van der Waals surface area contributed by atoms with Crippen molar-refractivity contribution in [1.82, 2.24) is 9.97 Å². The minimum atomic E-state index is -0.0388. The summed E-state index contributed by atoms with van der Waals surface area (Å²) in [5.41, 5.74) is 4.02. The summed E-state index contributed by atoms with van der Waals surface area (Å²) in [5, 5.41) is 3.12. The number of aryl methyl sites for hydroxylation is 3. The van der Waals surface area contributed by atoms with Gasteiger partial charge in [0.2, 0.25) is 11.9 Å². The van der Waals surface area contributed by atoms with Gasteiger partial charge in [0.05, 0.1) is 5.92 Å². The van der Waals surface area contributed by atoms with Gasteiger partial charge in [0, 0.05) is 30.2 Å². The summed E-state index contributed by atoms with van der Waals surface area (Å²) in [6.45, 7) is 7.63. The van der Waals surface area contributed by atoms with Gasteiger partial charge in [-0.2, -0.15) is 0 Å². The Balaban J connectivity index is 1.71. The number of hydrogen-bond acceptors (Lipinski definition) is 4. The number of anilines is 2. The average molecular weight is 338 g/mol. The number of hydrogen-bond donors (Lipinski definition) is 1. The van der Waals surface area contributed by atoms with Crippen LogP contribution < -0.4 is 10.2 Å². The predicted molar refractivity (Wildman–Crippen MR) is 101 cm³/mol. The van der Waals surface area contributed by atoms with Crippen molar-refractivity contribution in [3.05, 3.63) is 47.3 Å². The average Bonchev–Trinajstić information content (AvgIpc) is 2.61. The third-order valence-electron chi connectivity index (χ3n) is 4.70. The summed E-state index contributed by atoms with van der Waals surface area (Å²) in [6.07, 6.45) is 2.79. The summed E-state index contributed by atoms with van der Waals surface area (Å²) in [4.78, 5) is 24.0. The molecule has 1 fully saturated rings. The molecule has 5 nitrogen and oxygen atoms in total. The summed E-state index contributed by atoms with van der Waals surface area (Å²) in [7, 11) is 0. The van der Waals surface area contributed by atoms with E-state index >= 15 is 0 Å². The Bertz CT molecular complexity index is 739. The minimum Gasteiger partial charge on any atom is -0.340 e. The van der Waals surface area contributed by atoms with Gasteiger partial charge in [0.25, 0.3) is 0 Å². The van der Waals surface area contributed by atoms with Crippen LogP contribution in [0.15, 0.2) is 30.3 Å². The summed E-state index contributed by atoms with van der Waals surface area (Å²) >= 11 is 0. The van der Waals surface area contributed by atoms with Crippen molar-refractivity contribution in [2.75, 3.05) is 23.3 Å². The van der Waals surface area contributed by atoms with Crippen LogP contribution in [0.3, 0.4) is 0 Å². The molecular formula is C20H26N4O. The molecule has 0 unspecified atom stereocenters. The first-order valence-electron chi connectivity index (χ1n) is 9.03. The molecule has 2 heterocycles. The SMILES string of the molecule is CCc1ccccc1NC(=O)[C@@H]1CCCN(c2nc(C)cc(C)n2)C1. The maximum absolute atomic E-state index is 12.8. The highest BCUT2D eigenvalue weighted by atomic mass is 16.1. The Kier molecular flexibility index (Phi) is 5.31. The number of amides is 1. The highest BCUT2D eigenvalue weighted by molar-refractivity contribution is 5.93. The molecule has 1 atom stereocenters. The van der Waals surface area contributed by atoms with Crippen LogP contribution in [0.4, 0.5) is 11.6 Å². The predicted octanol–water partition coefficient (Wildman–Crippen LogP) is 3.51. The zero-order valence-corrected chi connectivity index (χ0v) is 15.2. The zero-order valence-electron chi connectivity index (χ0n) is 15.2. The molecule has 1 N–H and O–H groups in total. The van der Waals surface area contributed by atoms with Crippen molar-refractivity contribution < 1.29 is 4.79 Å². The molecule has 0 bridgehead atoms. The Morgan fingerprint density at radius 1 is 1.24 bits per heavy atom. The number of benzene rings is 1. The fourth-order valence-electron chi connectivity index (χ4n) is 3.41. The van der Waals surface area contributed by atoms with Gasteiger partial charge in [-0.3, -0.25) is 4.79 Å². The van der Waals surface area contributed by atoms with Gasteiger partial charge >= 0.3 is 0 Å². The van der Waals surface area contributed by atoms with E-state index < -0.39 is 0 Å². The Morgan fingerprint density at radius 3 is 2.68 bits per heavy atom. The first-order chi connectivity index (χ1) is 12.1. The van der Waals surface area contributed by atoms with Crippen LogP contribution in [0.1, 0.15) is 36.7 Å². The molecule has 3 rings (SSSR count). The standard InChI is InChI=1S/C20H26N4O/c1-4-16-8-5-6-10-18(16)23-19(25)17-9-7-11-24(13-17)20-21-14(2)12-15(3)22-20/h5-6,8,10,12,17H,4,7,9,11,13H2,1-3H3,(H,23,25)/t17-/m1/s1. The van der Waals surface area contributed by atoms with Crippen LogP contribution in [0, 0.1) is 19.8 Å². The number of aromatic nitrogens is 2. The topological polar surface area (TPSA) is 58.1 Å². The maximum atomic E-state index is 12.8. The van der Waals surface area contributed by atoms with Crippen molar-refractivity contribution in [3.8, 4) is 0 Å². The molecule has 1 aromatic carbocycles. The van der Waals surface area contributed by atoms with Crippen LogP contribution in [-0.2, 0) is 11.2 Å². The molecule has 2 aromatic rings. The van der Waals surface area contributed by atoms with Gasteiger partial charge < -0.3 is 10.2 Å². The second kappa shape index (κ2) is 7.64. The quantitative estimate of drug-likeness (QED) is 0.927. The molecular weight excluding hydrogens is 312 g/mol. The van der Waals surface area contributed by atoms with E-state index in [-0.39, 0.29) is 11.8 Å². The summed E-state index contributed by atoms with van der Waals surface area (Å²) in [6, 6.07) is 9.98. The molecule has 25 heavy (non-hydrogen) atoms. The first kappa shape index (κ1) is 17.4. The van der Waals surface area contributed by atoms with Crippen LogP contribution in [-0.4, -0.2) is 29.0 Å². The van der Waals surface area contributed by atoms with Gasteiger partial charge in [-0.15, -0.1) is 0 Å². The van der Waals surface area contributed by atoms with Crippen LogP contribution in [0.2, 0.25) is 0 Å². The fourth-order valence-corrected chi connectivity index (χ4v) is 3.41. The number of nitrogens with one attached hydrogen (secondary N) is 1. The lowest BCUT2D eigenvalue weighted by Crippen LogP contribution is -2.41. The highest BCUT2D eigenvalue weighted by Gasteiger charge is 2.27. The van der Waals surface area contributed by atoms with E-state index in [9.17, 15) is 4.79 Å². The van der Waals surface area contributed by atoms with Crippen LogP contribution in [0.5, 0.6) is 0 Å². The lowest BCUT2D eigenvalue weighted by atomic mass is 9.97. The van der Waals surface area contributed by atoms with Gasteiger partial charge in [-0.25, -0.2) is 9.97 Å². The van der Waals surface area contributed by atoms with E-state index in [1.807, 2.05) is 38.1 Å². The van der Waals surface area contributed by atoms with E-state index in [2.05, 4.69) is 33.2 Å². The molecule has 132 valence electrons. The van der Waals surface area contributed by atoms with Crippen LogP contribution >= 0.6 is 0 Å². The molecule has 1 aromatic heterocycles. The van der Waals surface area contributed by atoms with Crippen molar-refractivity contribution in [3.63, 3.8) is 0 Å². The molecule has 1 amide bonds. The van der Waals surface area contributed by atoms with E-state index in [1.165, 1.54) is 5.56 Å². The summed E-state index contributed by atoms with van der Waals surface area (Å²) in [5.74, 6) is 0.794. The number of carbonyl (C=O) groups is 1. The lowest BCUT2D eigenvalue weighted by molar-refractivity contribution is -0.120. The molecule has 1 aliphatic rings. The third-order valence-corrected chi connectivity index (χ3v) is 4.70. The van der Waals surface area contributed by atoms with Gasteiger partial charge in [0.15, 0.2) is 0 Å². The second-order valence-corrected chi connectivity index (χ2v) is 6.74. The van der Waals surface area contributed by atoms with Crippen molar-refractivity contribution in [2.24, 2.45) is 5.92 Å². The molecule has 0 spiro atoms. The Labute approximate surface area is 149 Å². The number of carbonyl (C=O) groups excluding carboxylic acids is 1. The smallest absolute Gasteiger partial charge is 0.229 e. The highest BCUT2D eigenvalue weighted by Crippen LogP contribution is 2.23. The number of piperidine rings is 1. The zero-order chi connectivity index (χ0) is 17.8. The van der Waals surface area contributed by atoms with E-state index in [1.54, 1.807) is 0 Å². The molecule has 0 saturated carbocycles. The molecule has 1 aliphatic heterocycles. The maximum Gasteiger partial charge on any atom is 0.229 e.